The first-order chi connectivity index (χ1) is 14.5. The highest BCUT2D eigenvalue weighted by Crippen LogP contribution is 2.40. The number of anilines is 1. The van der Waals surface area contributed by atoms with E-state index in [1.54, 1.807) is 12.1 Å². The molecule has 0 radical (unpaired) electrons. The Morgan fingerprint density at radius 1 is 1.20 bits per heavy atom. The monoisotopic (exact) mass is 425 g/mol. The molecule has 2 heterocycles. The van der Waals surface area contributed by atoms with Crippen LogP contribution in [0.2, 0.25) is 5.15 Å². The molecule has 30 heavy (non-hydrogen) atoms. The summed E-state index contributed by atoms with van der Waals surface area (Å²) in [7, 11) is 0. The lowest BCUT2D eigenvalue weighted by atomic mass is 9.91. The van der Waals surface area contributed by atoms with Crippen LogP contribution in [0.4, 0.5) is 10.1 Å². The van der Waals surface area contributed by atoms with Crippen molar-refractivity contribution in [2.75, 3.05) is 11.9 Å². The SMILES string of the molecule is CC(C)c1nc(Cl)c2cc(NC3CCCCO3)c(C=N)cc2c1-c1ccc(F)cc1. The molecule has 6 heteroatoms. The van der Waals surface area contributed by atoms with E-state index in [2.05, 4.69) is 19.2 Å². The van der Waals surface area contributed by atoms with Crippen LogP contribution in [0.3, 0.4) is 0 Å². The number of aromatic nitrogens is 1. The molecule has 1 unspecified atom stereocenters. The Morgan fingerprint density at radius 2 is 1.97 bits per heavy atom. The first-order valence-corrected chi connectivity index (χ1v) is 10.7. The van der Waals surface area contributed by atoms with Crippen molar-refractivity contribution in [3.63, 3.8) is 0 Å². The summed E-state index contributed by atoms with van der Waals surface area (Å²) in [4.78, 5) is 4.70. The normalized spacial score (nSPS) is 16.8. The van der Waals surface area contributed by atoms with E-state index in [1.165, 1.54) is 18.3 Å². The van der Waals surface area contributed by atoms with Gasteiger partial charge >= 0.3 is 0 Å². The van der Waals surface area contributed by atoms with Crippen LogP contribution in [0.25, 0.3) is 21.9 Å². The van der Waals surface area contributed by atoms with Crippen LogP contribution in [-0.4, -0.2) is 24.0 Å². The highest BCUT2D eigenvalue weighted by atomic mass is 35.5. The summed E-state index contributed by atoms with van der Waals surface area (Å²) in [6.07, 6.45) is 4.37. The van der Waals surface area contributed by atoms with Gasteiger partial charge in [-0.15, -0.1) is 0 Å². The number of hydrogen-bond acceptors (Lipinski definition) is 4. The van der Waals surface area contributed by atoms with Crippen molar-refractivity contribution < 1.29 is 9.13 Å². The van der Waals surface area contributed by atoms with E-state index in [4.69, 9.17) is 26.7 Å². The van der Waals surface area contributed by atoms with Gasteiger partial charge in [0.25, 0.3) is 0 Å². The highest BCUT2D eigenvalue weighted by Gasteiger charge is 2.20. The summed E-state index contributed by atoms with van der Waals surface area (Å²) in [5.74, 6) is -0.154. The molecule has 4 rings (SSSR count). The van der Waals surface area contributed by atoms with Gasteiger partial charge in [-0.25, -0.2) is 9.37 Å². The molecule has 156 valence electrons. The fourth-order valence-electron chi connectivity index (χ4n) is 3.96. The predicted molar refractivity (Wildman–Crippen MR) is 121 cm³/mol. The predicted octanol–water partition coefficient (Wildman–Crippen LogP) is 6.75. The quantitative estimate of drug-likeness (QED) is 0.351. The molecule has 1 fully saturated rings. The van der Waals surface area contributed by atoms with Crippen LogP contribution in [0, 0.1) is 11.2 Å². The zero-order valence-corrected chi connectivity index (χ0v) is 17.9. The Hall–Kier alpha value is -2.50. The molecular weight excluding hydrogens is 401 g/mol. The maximum Gasteiger partial charge on any atom is 0.137 e. The average molecular weight is 426 g/mol. The standard InChI is InChI=1S/C24H25ClFN3O/c1-14(2)23-22(15-6-8-17(26)9-7-15)18-11-16(13-27)20(12-19(18)24(25)29-23)28-21-5-3-4-10-30-21/h6-9,11-14,21,27-28H,3-5,10H2,1-2H3. The third kappa shape index (κ3) is 4.05. The van der Waals surface area contributed by atoms with E-state index >= 15 is 0 Å². The maximum absolute atomic E-state index is 13.5. The van der Waals surface area contributed by atoms with E-state index in [1.807, 2.05) is 12.1 Å². The number of hydrogen-bond donors (Lipinski definition) is 2. The molecule has 4 nitrogen and oxygen atoms in total. The van der Waals surface area contributed by atoms with Gasteiger partial charge in [0.2, 0.25) is 0 Å². The maximum atomic E-state index is 13.5. The van der Waals surface area contributed by atoms with Gasteiger partial charge in [0.05, 0.1) is 5.69 Å². The van der Waals surface area contributed by atoms with Crippen LogP contribution < -0.4 is 5.32 Å². The third-order valence-electron chi connectivity index (χ3n) is 5.49. The summed E-state index contributed by atoms with van der Waals surface area (Å²) in [6, 6.07) is 10.3. The first-order valence-electron chi connectivity index (χ1n) is 10.3. The second-order valence-corrected chi connectivity index (χ2v) is 8.31. The van der Waals surface area contributed by atoms with E-state index in [0.29, 0.717) is 5.15 Å². The van der Waals surface area contributed by atoms with E-state index in [-0.39, 0.29) is 18.0 Å². The lowest BCUT2D eigenvalue weighted by Crippen LogP contribution is -2.27. The Labute approximate surface area is 180 Å². The number of benzene rings is 2. The molecule has 2 N–H and O–H groups in total. The largest absolute Gasteiger partial charge is 0.360 e. The molecule has 0 saturated carbocycles. The molecule has 0 bridgehead atoms. The third-order valence-corrected chi connectivity index (χ3v) is 5.78. The van der Waals surface area contributed by atoms with Crippen LogP contribution in [0.1, 0.15) is 50.3 Å². The number of halogens is 2. The van der Waals surface area contributed by atoms with E-state index < -0.39 is 0 Å². The minimum Gasteiger partial charge on any atom is -0.360 e. The Bertz CT molecular complexity index is 1080. The number of fused-ring (bicyclic) bond motifs is 1. The van der Waals surface area contributed by atoms with Crippen LogP contribution in [-0.2, 0) is 4.74 Å². The fourth-order valence-corrected chi connectivity index (χ4v) is 4.21. The van der Waals surface area contributed by atoms with Gasteiger partial charge in [0.15, 0.2) is 0 Å². The fraction of sp³-hybridized carbons (Fsp3) is 0.333. The molecule has 1 aromatic heterocycles. The Morgan fingerprint density at radius 3 is 2.60 bits per heavy atom. The van der Waals surface area contributed by atoms with Crippen molar-refractivity contribution in [3.05, 3.63) is 58.6 Å². The van der Waals surface area contributed by atoms with Crippen LogP contribution >= 0.6 is 11.6 Å². The van der Waals surface area contributed by atoms with Crippen molar-refractivity contribution >= 4 is 34.3 Å². The molecule has 2 aromatic carbocycles. The van der Waals surface area contributed by atoms with Gasteiger partial charge < -0.3 is 15.5 Å². The molecular formula is C24H25ClFN3O. The molecule has 1 aliphatic heterocycles. The second-order valence-electron chi connectivity index (χ2n) is 7.95. The minimum absolute atomic E-state index is 0.0758. The topological polar surface area (TPSA) is 58.0 Å². The lowest BCUT2D eigenvalue weighted by molar-refractivity contribution is 0.0343. The van der Waals surface area contributed by atoms with Crippen LogP contribution in [0.15, 0.2) is 36.4 Å². The van der Waals surface area contributed by atoms with Gasteiger partial charge in [-0.2, -0.15) is 0 Å². The van der Waals surface area contributed by atoms with Crippen molar-refractivity contribution in [3.8, 4) is 11.1 Å². The van der Waals surface area contributed by atoms with Crippen molar-refractivity contribution in [2.45, 2.75) is 45.3 Å². The molecule has 1 saturated heterocycles. The number of nitrogens with one attached hydrogen (secondary N) is 2. The van der Waals surface area contributed by atoms with Gasteiger partial charge in [-0.05, 0) is 60.4 Å². The Kier molecular flexibility index (Phi) is 6.02. The average Bonchev–Trinajstić information content (AvgIpc) is 2.75. The summed E-state index contributed by atoms with van der Waals surface area (Å²) >= 11 is 6.61. The molecule has 0 aliphatic carbocycles. The number of pyridine rings is 1. The van der Waals surface area contributed by atoms with Crippen LogP contribution in [0.5, 0.6) is 0 Å². The first kappa shape index (κ1) is 20.8. The molecule has 0 spiro atoms. The Balaban J connectivity index is 1.92. The minimum atomic E-state index is -0.282. The van der Waals surface area contributed by atoms with Gasteiger partial charge in [0.1, 0.15) is 17.2 Å². The number of rotatable bonds is 5. The van der Waals surface area contributed by atoms with Crippen molar-refractivity contribution in [1.82, 2.24) is 4.98 Å². The number of ether oxygens (including phenoxy) is 1. The van der Waals surface area contributed by atoms with Gasteiger partial charge in [0, 0.05) is 35.0 Å². The smallest absolute Gasteiger partial charge is 0.137 e. The van der Waals surface area contributed by atoms with Crippen molar-refractivity contribution in [1.29, 1.82) is 5.41 Å². The lowest BCUT2D eigenvalue weighted by Gasteiger charge is -2.26. The molecule has 1 atom stereocenters. The zero-order valence-electron chi connectivity index (χ0n) is 17.1. The summed E-state index contributed by atoms with van der Waals surface area (Å²) in [6.45, 7) is 4.86. The molecule has 0 amide bonds. The van der Waals surface area contributed by atoms with Gasteiger partial charge in [-0.1, -0.05) is 37.6 Å². The second kappa shape index (κ2) is 8.70. The highest BCUT2D eigenvalue weighted by molar-refractivity contribution is 6.35. The summed E-state index contributed by atoms with van der Waals surface area (Å²) in [5.41, 5.74) is 4.20. The van der Waals surface area contributed by atoms with E-state index in [0.717, 1.165) is 64.7 Å². The van der Waals surface area contributed by atoms with Gasteiger partial charge in [-0.3, -0.25) is 0 Å². The molecule has 1 aliphatic rings. The van der Waals surface area contributed by atoms with Crippen molar-refractivity contribution in [2.24, 2.45) is 0 Å². The summed E-state index contributed by atoms with van der Waals surface area (Å²) < 4.78 is 19.4. The molecule has 3 aromatic rings. The summed E-state index contributed by atoms with van der Waals surface area (Å²) in [5, 5.41) is 13.5. The van der Waals surface area contributed by atoms with E-state index in [9.17, 15) is 4.39 Å². The number of nitrogens with zero attached hydrogens (tertiary/aromatic N) is 1. The zero-order chi connectivity index (χ0) is 21.3.